The largest absolute Gasteiger partial charge is 0.340 e. The zero-order valence-electron chi connectivity index (χ0n) is 16.2. The molecule has 1 unspecified atom stereocenters. The van der Waals surface area contributed by atoms with Gasteiger partial charge in [-0.3, -0.25) is 9.69 Å². The number of carbonyl (C=O) groups excluding carboxylic acids is 1. The van der Waals surface area contributed by atoms with E-state index in [-0.39, 0.29) is 5.82 Å². The minimum atomic E-state index is -0.152. The van der Waals surface area contributed by atoms with Crippen molar-refractivity contribution >= 4 is 5.91 Å². The molecule has 3 rings (SSSR count). The van der Waals surface area contributed by atoms with Gasteiger partial charge in [0, 0.05) is 45.2 Å². The van der Waals surface area contributed by atoms with Crippen LogP contribution >= 0.6 is 0 Å². The molecule has 0 aromatic heterocycles. The van der Waals surface area contributed by atoms with Crippen LogP contribution in [0.5, 0.6) is 0 Å². The number of benzene rings is 1. The Labute approximate surface area is 157 Å². The number of carbonyl (C=O) groups is 1. The highest BCUT2D eigenvalue weighted by molar-refractivity contribution is 5.77. The van der Waals surface area contributed by atoms with E-state index >= 15 is 0 Å². The van der Waals surface area contributed by atoms with E-state index in [1.807, 2.05) is 11.0 Å². The minimum Gasteiger partial charge on any atom is -0.340 e. The van der Waals surface area contributed by atoms with Crippen LogP contribution in [-0.2, 0) is 11.3 Å². The zero-order valence-corrected chi connectivity index (χ0v) is 16.2. The lowest BCUT2D eigenvalue weighted by atomic mass is 9.95. The summed E-state index contributed by atoms with van der Waals surface area (Å²) in [6.45, 7) is 11.3. The normalized spacial score (nSPS) is 23.5. The van der Waals surface area contributed by atoms with Gasteiger partial charge < -0.3 is 9.80 Å². The molecule has 26 heavy (non-hydrogen) atoms. The lowest BCUT2D eigenvalue weighted by Crippen LogP contribution is -2.47. The fraction of sp³-hybridized carbons (Fsp3) is 0.667. The maximum Gasteiger partial charge on any atom is 0.222 e. The predicted octanol–water partition coefficient (Wildman–Crippen LogP) is 2.98. The molecular weight excluding hydrogens is 329 g/mol. The molecule has 0 radical (unpaired) electrons. The van der Waals surface area contributed by atoms with Crippen LogP contribution in [0.4, 0.5) is 4.39 Å². The van der Waals surface area contributed by atoms with Crippen LogP contribution in [0.25, 0.3) is 0 Å². The number of hydrogen-bond donors (Lipinski definition) is 0. The number of nitrogens with zero attached hydrogens (tertiary/aromatic N) is 3. The Balaban J connectivity index is 1.48. The van der Waals surface area contributed by atoms with Crippen LogP contribution < -0.4 is 0 Å². The average Bonchev–Trinajstić information content (AvgIpc) is 2.82. The van der Waals surface area contributed by atoms with Gasteiger partial charge in [-0.1, -0.05) is 12.1 Å². The van der Waals surface area contributed by atoms with E-state index < -0.39 is 0 Å². The van der Waals surface area contributed by atoms with Gasteiger partial charge in [-0.15, -0.1) is 0 Å². The maximum atomic E-state index is 13.4. The summed E-state index contributed by atoms with van der Waals surface area (Å²) in [5.41, 5.74) is 1.05. The molecule has 2 heterocycles. The molecule has 5 heteroatoms. The monoisotopic (exact) mass is 361 g/mol. The van der Waals surface area contributed by atoms with Crippen LogP contribution in [0.3, 0.4) is 0 Å². The van der Waals surface area contributed by atoms with Gasteiger partial charge in [0.25, 0.3) is 0 Å². The minimum absolute atomic E-state index is 0.152. The molecule has 4 nitrogen and oxygen atoms in total. The van der Waals surface area contributed by atoms with E-state index in [4.69, 9.17) is 0 Å². The first kappa shape index (κ1) is 19.3. The molecule has 1 aromatic rings. The summed E-state index contributed by atoms with van der Waals surface area (Å²) in [6.07, 6.45) is 2.86. The first-order chi connectivity index (χ1) is 12.5. The maximum absolute atomic E-state index is 13.4. The molecule has 1 amide bonds. The van der Waals surface area contributed by atoms with Crippen LogP contribution in [0.15, 0.2) is 24.3 Å². The van der Waals surface area contributed by atoms with E-state index in [2.05, 4.69) is 23.6 Å². The van der Waals surface area contributed by atoms with E-state index in [1.165, 1.54) is 6.07 Å². The number of likely N-dealkylation sites (tertiary alicyclic amines) is 1. The highest BCUT2D eigenvalue weighted by atomic mass is 19.1. The second-order valence-electron chi connectivity index (χ2n) is 8.10. The third kappa shape index (κ3) is 5.27. The van der Waals surface area contributed by atoms with E-state index in [1.54, 1.807) is 12.1 Å². The Morgan fingerprint density at radius 1 is 1.15 bits per heavy atom. The number of hydrogen-bond acceptors (Lipinski definition) is 3. The summed E-state index contributed by atoms with van der Waals surface area (Å²) < 4.78 is 13.4. The molecule has 2 fully saturated rings. The highest BCUT2D eigenvalue weighted by Gasteiger charge is 2.28. The molecule has 1 aromatic carbocycles. The van der Waals surface area contributed by atoms with E-state index in [0.29, 0.717) is 24.3 Å². The van der Waals surface area contributed by atoms with Crippen molar-refractivity contribution in [2.75, 3.05) is 39.3 Å². The fourth-order valence-corrected chi connectivity index (χ4v) is 4.21. The molecule has 2 aliphatic heterocycles. The second kappa shape index (κ2) is 8.96. The zero-order chi connectivity index (χ0) is 18.5. The Bertz CT molecular complexity index is 607. The summed E-state index contributed by atoms with van der Waals surface area (Å²) in [6, 6.07) is 7.24. The standard InChI is InChI=1S/C21H32FN3O/c1-17(2)25-16-19(7-8-21(25)26)15-24-10-4-9-23(11-12-24)14-18-5-3-6-20(22)13-18/h3,5-6,13,17,19H,4,7-12,14-16H2,1-2H3. The molecule has 144 valence electrons. The molecule has 0 aliphatic carbocycles. The lowest BCUT2D eigenvalue weighted by Gasteiger charge is -2.37. The Hall–Kier alpha value is -1.46. The molecule has 0 N–H and O–H groups in total. The molecular formula is C21H32FN3O. The Kier molecular flexibility index (Phi) is 6.65. The van der Waals surface area contributed by atoms with Gasteiger partial charge in [0.05, 0.1) is 0 Å². The van der Waals surface area contributed by atoms with Gasteiger partial charge in [0.15, 0.2) is 0 Å². The SMILES string of the molecule is CC(C)N1CC(CN2CCCN(Cc3cccc(F)c3)CC2)CCC1=O. The van der Waals surface area contributed by atoms with Crippen molar-refractivity contribution in [3.05, 3.63) is 35.6 Å². The van der Waals surface area contributed by atoms with Crippen LogP contribution in [0, 0.1) is 11.7 Å². The smallest absolute Gasteiger partial charge is 0.222 e. The lowest BCUT2D eigenvalue weighted by molar-refractivity contribution is -0.136. The number of amides is 1. The molecule has 0 bridgehead atoms. The van der Waals surface area contributed by atoms with Crippen molar-refractivity contribution in [2.45, 2.75) is 45.7 Å². The van der Waals surface area contributed by atoms with Crippen molar-refractivity contribution < 1.29 is 9.18 Å². The summed E-state index contributed by atoms with van der Waals surface area (Å²) in [4.78, 5) is 19.1. The van der Waals surface area contributed by atoms with E-state index in [9.17, 15) is 9.18 Å². The van der Waals surface area contributed by atoms with Gasteiger partial charge >= 0.3 is 0 Å². The molecule has 2 aliphatic rings. The molecule has 0 spiro atoms. The van der Waals surface area contributed by atoms with E-state index in [0.717, 1.165) is 64.2 Å². The number of piperidine rings is 1. The van der Waals surface area contributed by atoms with Crippen molar-refractivity contribution in [3.8, 4) is 0 Å². The molecule has 2 saturated heterocycles. The van der Waals surface area contributed by atoms with Gasteiger partial charge in [0.2, 0.25) is 5.91 Å². The highest BCUT2D eigenvalue weighted by Crippen LogP contribution is 2.21. The number of halogens is 1. The van der Waals surface area contributed by atoms with Crippen LogP contribution in [0.1, 0.15) is 38.7 Å². The van der Waals surface area contributed by atoms with Crippen molar-refractivity contribution in [3.63, 3.8) is 0 Å². The first-order valence-corrected chi connectivity index (χ1v) is 10.00. The third-order valence-corrected chi connectivity index (χ3v) is 5.66. The fourth-order valence-electron chi connectivity index (χ4n) is 4.21. The van der Waals surface area contributed by atoms with Crippen LogP contribution in [-0.4, -0.2) is 65.9 Å². The molecule has 0 saturated carbocycles. The van der Waals surface area contributed by atoms with Crippen LogP contribution in [0.2, 0.25) is 0 Å². The average molecular weight is 362 g/mol. The molecule has 1 atom stereocenters. The summed E-state index contributed by atoms with van der Waals surface area (Å²) in [7, 11) is 0. The summed E-state index contributed by atoms with van der Waals surface area (Å²) in [5.74, 6) is 0.749. The van der Waals surface area contributed by atoms with Gasteiger partial charge in [-0.05, 0) is 63.4 Å². The van der Waals surface area contributed by atoms with Gasteiger partial charge in [-0.2, -0.15) is 0 Å². The van der Waals surface area contributed by atoms with Crippen molar-refractivity contribution in [1.29, 1.82) is 0 Å². The number of rotatable bonds is 5. The quantitative estimate of drug-likeness (QED) is 0.807. The summed E-state index contributed by atoms with van der Waals surface area (Å²) in [5, 5.41) is 0. The van der Waals surface area contributed by atoms with Gasteiger partial charge in [0.1, 0.15) is 5.82 Å². The van der Waals surface area contributed by atoms with Crippen molar-refractivity contribution in [1.82, 2.24) is 14.7 Å². The first-order valence-electron chi connectivity index (χ1n) is 10.00. The third-order valence-electron chi connectivity index (χ3n) is 5.66. The topological polar surface area (TPSA) is 26.8 Å². The Morgan fingerprint density at radius 3 is 2.69 bits per heavy atom. The second-order valence-corrected chi connectivity index (χ2v) is 8.10. The predicted molar refractivity (Wildman–Crippen MR) is 102 cm³/mol. The van der Waals surface area contributed by atoms with Gasteiger partial charge in [-0.25, -0.2) is 4.39 Å². The Morgan fingerprint density at radius 2 is 1.92 bits per heavy atom. The van der Waals surface area contributed by atoms with Crippen molar-refractivity contribution in [2.24, 2.45) is 5.92 Å². The summed E-state index contributed by atoms with van der Waals surface area (Å²) >= 11 is 0.